The Bertz CT molecular complexity index is 1560. The zero-order valence-corrected chi connectivity index (χ0v) is 47.9. The lowest BCUT2D eigenvalue weighted by Crippen LogP contribution is -2.44. The van der Waals surface area contributed by atoms with E-state index < -0.39 is 30.6 Å². The third-order valence-electron chi connectivity index (χ3n) is 14.2. The molecule has 410 valence electrons. The van der Waals surface area contributed by atoms with Crippen LogP contribution in [0, 0.1) is 6.92 Å². The van der Waals surface area contributed by atoms with Crippen molar-refractivity contribution in [3.8, 4) is 0 Å². The summed E-state index contributed by atoms with van der Waals surface area (Å²) in [6.45, 7) is 18.0. The lowest BCUT2D eigenvalue weighted by molar-refractivity contribution is -0.163. The van der Waals surface area contributed by atoms with Gasteiger partial charge < -0.3 is 42.3 Å². The number of esters is 1. The molecule has 7 atom stereocenters. The van der Waals surface area contributed by atoms with E-state index in [9.17, 15) is 13.2 Å². The van der Waals surface area contributed by atoms with Crippen LogP contribution in [-0.2, 0) is 61.4 Å². The van der Waals surface area contributed by atoms with Crippen molar-refractivity contribution in [2.75, 3.05) is 48.3 Å². The predicted octanol–water partition coefficient (Wildman–Crippen LogP) is 13.5. The number of aryl methyl sites for hydroxylation is 1. The first kappa shape index (κ1) is 64.6. The van der Waals surface area contributed by atoms with Gasteiger partial charge in [0.25, 0.3) is 10.1 Å². The fourth-order valence-corrected chi connectivity index (χ4v) is 11.5. The van der Waals surface area contributed by atoms with Gasteiger partial charge in [-0.25, -0.2) is 0 Å². The Morgan fingerprint density at radius 1 is 0.643 bits per heavy atom. The maximum atomic E-state index is 14.1. The first-order chi connectivity index (χ1) is 33.5. The van der Waals surface area contributed by atoms with Gasteiger partial charge in [-0.1, -0.05) is 142 Å². The molecule has 1 aromatic rings. The molecule has 2 rings (SSSR count). The van der Waals surface area contributed by atoms with Gasteiger partial charge in [0.2, 0.25) is 0 Å². The van der Waals surface area contributed by atoms with E-state index in [1.54, 1.807) is 45.6 Å². The second kappa shape index (κ2) is 37.3. The van der Waals surface area contributed by atoms with Crippen molar-refractivity contribution in [1.29, 1.82) is 0 Å². The Hall–Kier alpha value is -1.50. The van der Waals surface area contributed by atoms with Gasteiger partial charge in [-0.2, -0.15) is 8.42 Å². The largest absolute Gasteiger partial charge is 0.466 e. The highest BCUT2D eigenvalue weighted by Gasteiger charge is 2.41. The lowest BCUT2D eigenvalue weighted by Gasteiger charge is -2.40. The molecule has 70 heavy (non-hydrogen) atoms. The van der Waals surface area contributed by atoms with Crippen molar-refractivity contribution in [2.24, 2.45) is 0 Å². The summed E-state index contributed by atoms with van der Waals surface area (Å²) in [5.41, 5.74) is 0.955. The molecule has 0 unspecified atom stereocenters. The van der Waals surface area contributed by atoms with E-state index in [2.05, 4.69) is 40.8 Å². The van der Waals surface area contributed by atoms with Crippen LogP contribution < -0.4 is 0 Å². The van der Waals surface area contributed by atoms with Gasteiger partial charge in [-0.05, 0) is 102 Å². The number of methoxy groups -OCH3 is 3. The van der Waals surface area contributed by atoms with Crippen molar-refractivity contribution < 1.29 is 59.7 Å². The SMILES string of the molecule is CCCCCCCCCC[C@H](OCOC)[C@H]1CC[C@H]([C@@H](CC[C@H](OCOC)[C@@H](CC[C@@H](CCCCCCCCCCC(=O)OCC)O[Si](C)(C)C(C)(C)C)OS(=O)(=O)c2ccc(C)cc2)OCOC)O1. The van der Waals surface area contributed by atoms with Gasteiger partial charge in [0.1, 0.15) is 26.5 Å². The van der Waals surface area contributed by atoms with Gasteiger partial charge in [0, 0.05) is 33.9 Å². The van der Waals surface area contributed by atoms with E-state index >= 15 is 0 Å². The van der Waals surface area contributed by atoms with Crippen LogP contribution in [-0.4, -0.2) is 114 Å². The van der Waals surface area contributed by atoms with E-state index in [1.807, 2.05) is 13.8 Å². The molecule has 0 amide bonds. The normalized spacial score (nSPS) is 17.9. The summed E-state index contributed by atoms with van der Waals surface area (Å²) in [7, 11) is -1.55. The summed E-state index contributed by atoms with van der Waals surface area (Å²) in [5.74, 6) is -0.104. The molecule has 0 bridgehead atoms. The molecule has 1 aromatic carbocycles. The van der Waals surface area contributed by atoms with Crippen LogP contribution in [0.4, 0.5) is 0 Å². The van der Waals surface area contributed by atoms with Crippen LogP contribution in [0.25, 0.3) is 0 Å². The monoisotopic (exact) mass is 1030 g/mol. The van der Waals surface area contributed by atoms with Crippen LogP contribution in [0.1, 0.15) is 201 Å². The number of carbonyl (C=O) groups excluding carboxylic acids is 1. The quantitative estimate of drug-likeness (QED) is 0.0201. The molecule has 1 saturated heterocycles. The highest BCUT2D eigenvalue weighted by molar-refractivity contribution is 7.86. The third kappa shape index (κ3) is 27.2. The van der Waals surface area contributed by atoms with E-state index in [-0.39, 0.29) is 66.8 Å². The second-order valence-electron chi connectivity index (χ2n) is 21.1. The van der Waals surface area contributed by atoms with Crippen LogP contribution >= 0.6 is 0 Å². The predicted molar refractivity (Wildman–Crippen MR) is 282 cm³/mol. The van der Waals surface area contributed by atoms with Crippen molar-refractivity contribution in [3.05, 3.63) is 29.8 Å². The summed E-state index contributed by atoms with van der Waals surface area (Å²) in [4.78, 5) is 11.8. The Labute approximate surface area is 428 Å². The Balaban J connectivity index is 2.28. The second-order valence-corrected chi connectivity index (χ2v) is 27.4. The Kier molecular flexibility index (Phi) is 34.4. The highest BCUT2D eigenvalue weighted by Crippen LogP contribution is 2.39. The van der Waals surface area contributed by atoms with Crippen molar-refractivity contribution >= 4 is 24.4 Å². The molecule has 15 heteroatoms. The molecule has 0 saturated carbocycles. The van der Waals surface area contributed by atoms with E-state index in [4.69, 9.17) is 46.5 Å². The molecule has 13 nitrogen and oxygen atoms in total. The van der Waals surface area contributed by atoms with Crippen molar-refractivity contribution in [2.45, 2.75) is 268 Å². The molecule has 1 fully saturated rings. The van der Waals surface area contributed by atoms with Gasteiger partial charge in [0.05, 0.1) is 42.0 Å². The summed E-state index contributed by atoms with van der Waals surface area (Å²) in [6.07, 6.45) is 22.0. The zero-order valence-electron chi connectivity index (χ0n) is 46.1. The fourth-order valence-electron chi connectivity index (χ4n) is 9.00. The maximum Gasteiger partial charge on any atom is 0.305 e. The Morgan fingerprint density at radius 3 is 1.66 bits per heavy atom. The van der Waals surface area contributed by atoms with Gasteiger partial charge in [-0.3, -0.25) is 8.98 Å². The standard InChI is InChI=1S/C55H102O13SSi/c1-12-14-15-16-17-21-24-27-30-48(63-42-59-7)51-40-41-52(66-51)49(64-43-60-8)38-39-50(65-44-61-9)53(67-69(57,58)47-35-32-45(3)33-36-47)37-34-46(68-70(10,11)55(4,5)6)29-26-23-20-18-19-22-25-28-31-54(56)62-13-2/h32-33,35-36,46,48-53H,12-31,34,37-44H2,1-11H3/t46-,48+,49-,50+,51-,52-,53-/m1/s1. The number of hydrogen-bond acceptors (Lipinski definition) is 13. The number of unbranched alkanes of at least 4 members (excludes halogenated alkanes) is 14. The van der Waals surface area contributed by atoms with Gasteiger partial charge in [-0.15, -0.1) is 0 Å². The Morgan fingerprint density at radius 2 is 1.13 bits per heavy atom. The number of carbonyl (C=O) groups is 1. The molecule has 0 N–H and O–H groups in total. The molecular formula is C55H102O13SSi. The third-order valence-corrected chi connectivity index (χ3v) is 20.1. The summed E-state index contributed by atoms with van der Waals surface area (Å²) >= 11 is 0. The van der Waals surface area contributed by atoms with E-state index in [0.717, 1.165) is 89.0 Å². The van der Waals surface area contributed by atoms with Gasteiger partial charge >= 0.3 is 5.97 Å². The van der Waals surface area contributed by atoms with Crippen LogP contribution in [0.15, 0.2) is 29.2 Å². The maximum absolute atomic E-state index is 14.1. The molecule has 0 spiro atoms. The number of rotatable bonds is 44. The highest BCUT2D eigenvalue weighted by atomic mass is 32.2. The van der Waals surface area contributed by atoms with Crippen LogP contribution in [0.5, 0.6) is 0 Å². The fraction of sp³-hybridized carbons (Fsp3) is 0.873. The number of benzene rings is 1. The minimum Gasteiger partial charge on any atom is -0.466 e. The summed E-state index contributed by atoms with van der Waals surface area (Å²) in [6, 6.07) is 6.76. The topological polar surface area (TPSA) is 144 Å². The van der Waals surface area contributed by atoms with Gasteiger partial charge in [0.15, 0.2) is 8.32 Å². The minimum absolute atomic E-state index is 0.00464. The van der Waals surface area contributed by atoms with Crippen LogP contribution in [0.2, 0.25) is 18.1 Å². The molecule has 0 aliphatic carbocycles. The smallest absolute Gasteiger partial charge is 0.305 e. The first-order valence-corrected chi connectivity index (χ1v) is 31.6. The van der Waals surface area contributed by atoms with Crippen molar-refractivity contribution in [1.82, 2.24) is 0 Å². The molecular weight excluding hydrogens is 929 g/mol. The first-order valence-electron chi connectivity index (χ1n) is 27.3. The molecule has 1 aliphatic heterocycles. The zero-order chi connectivity index (χ0) is 51.7. The summed E-state index contributed by atoms with van der Waals surface area (Å²) < 4.78 is 88.8. The lowest BCUT2D eigenvalue weighted by atomic mass is 9.96. The van der Waals surface area contributed by atoms with Crippen molar-refractivity contribution in [3.63, 3.8) is 0 Å². The number of ether oxygens (including phenoxy) is 8. The van der Waals surface area contributed by atoms with E-state index in [0.29, 0.717) is 38.7 Å². The molecule has 0 radical (unpaired) electrons. The molecule has 1 aliphatic rings. The molecule has 1 heterocycles. The number of hydrogen-bond donors (Lipinski definition) is 0. The average Bonchev–Trinajstić information content (AvgIpc) is 3.81. The molecule has 0 aromatic heterocycles. The average molecular weight is 1030 g/mol. The van der Waals surface area contributed by atoms with Crippen LogP contribution in [0.3, 0.4) is 0 Å². The summed E-state index contributed by atoms with van der Waals surface area (Å²) in [5, 5.41) is -0.00464. The minimum atomic E-state index is -4.18. The van der Waals surface area contributed by atoms with E-state index in [1.165, 1.54) is 44.9 Å².